The van der Waals surface area contributed by atoms with Gasteiger partial charge >= 0.3 is 5.97 Å². The molecule has 4 rings (SSSR count). The molecule has 0 N–H and O–H groups in total. The third kappa shape index (κ3) is 5.62. The third-order valence-electron chi connectivity index (χ3n) is 5.25. The Balaban J connectivity index is 1.20. The van der Waals surface area contributed by atoms with Gasteiger partial charge in [-0.1, -0.05) is 30.3 Å². The maximum Gasteiger partial charge on any atom is 0.338 e. The number of rotatable bonds is 8. The molecule has 1 saturated heterocycles. The van der Waals surface area contributed by atoms with Crippen LogP contribution in [0.2, 0.25) is 0 Å². The van der Waals surface area contributed by atoms with Gasteiger partial charge in [0.15, 0.2) is 5.13 Å². The summed E-state index contributed by atoms with van der Waals surface area (Å²) in [5, 5.41) is 3.23. The number of thiazole rings is 1. The molecule has 1 aliphatic heterocycles. The van der Waals surface area contributed by atoms with Crippen molar-refractivity contribution in [3.05, 3.63) is 65.5 Å². The van der Waals surface area contributed by atoms with E-state index in [1.807, 2.05) is 30.3 Å². The Morgan fingerprint density at radius 1 is 1.03 bits per heavy atom. The van der Waals surface area contributed by atoms with Crippen molar-refractivity contribution in [1.82, 2.24) is 9.88 Å². The maximum atomic E-state index is 11.7. The van der Waals surface area contributed by atoms with Crippen molar-refractivity contribution in [1.29, 1.82) is 0 Å². The number of aromatic nitrogens is 1. The van der Waals surface area contributed by atoms with E-state index in [2.05, 4.69) is 27.3 Å². The molecule has 2 aromatic carbocycles. The Kier molecular flexibility index (Phi) is 7.17. The minimum absolute atomic E-state index is 0.303. The number of carbonyl (C=O) groups excluding carboxylic acids is 1. The zero-order chi connectivity index (χ0) is 21.5. The average molecular weight is 438 g/mol. The second-order valence-corrected chi connectivity index (χ2v) is 8.14. The Morgan fingerprint density at radius 3 is 2.48 bits per heavy atom. The number of benzene rings is 2. The predicted octanol–water partition coefficient (Wildman–Crippen LogP) is 4.19. The van der Waals surface area contributed by atoms with Gasteiger partial charge < -0.3 is 14.4 Å². The maximum absolute atomic E-state index is 11.7. The molecule has 2 heterocycles. The number of anilines is 1. The zero-order valence-electron chi connectivity index (χ0n) is 17.7. The topological polar surface area (TPSA) is 54.9 Å². The van der Waals surface area contributed by atoms with Gasteiger partial charge in [-0.15, -0.1) is 11.3 Å². The van der Waals surface area contributed by atoms with Crippen LogP contribution >= 0.6 is 11.3 Å². The van der Waals surface area contributed by atoms with Gasteiger partial charge in [0.2, 0.25) is 0 Å². The number of hydrogen-bond donors (Lipinski definition) is 0. The van der Waals surface area contributed by atoms with Crippen LogP contribution < -0.4 is 9.64 Å². The van der Waals surface area contributed by atoms with Crippen LogP contribution in [0.15, 0.2) is 60.0 Å². The molecule has 0 amide bonds. The van der Waals surface area contributed by atoms with E-state index in [0.717, 1.165) is 54.9 Å². The summed E-state index contributed by atoms with van der Waals surface area (Å²) < 4.78 is 10.8. The summed E-state index contributed by atoms with van der Waals surface area (Å²) in [6, 6.07) is 17.4. The largest absolute Gasteiger partial charge is 0.492 e. The molecular weight excluding hydrogens is 410 g/mol. The SMILES string of the molecule is CCOC(=O)c1ccc(OCCN2CCN(c3nc(-c4ccccc4)cs3)CC2)cc1. The lowest BCUT2D eigenvalue weighted by Crippen LogP contribution is -2.47. The number of nitrogens with zero attached hydrogens (tertiary/aromatic N) is 3. The van der Waals surface area contributed by atoms with Gasteiger partial charge in [-0.05, 0) is 31.2 Å². The van der Waals surface area contributed by atoms with Crippen molar-refractivity contribution in [2.45, 2.75) is 6.92 Å². The molecule has 3 aromatic rings. The molecule has 1 aromatic heterocycles. The van der Waals surface area contributed by atoms with Crippen molar-refractivity contribution in [2.75, 3.05) is 50.8 Å². The van der Waals surface area contributed by atoms with E-state index in [0.29, 0.717) is 18.8 Å². The Morgan fingerprint density at radius 2 is 1.77 bits per heavy atom. The number of hydrogen-bond acceptors (Lipinski definition) is 7. The van der Waals surface area contributed by atoms with Crippen LogP contribution in [0.5, 0.6) is 5.75 Å². The highest BCUT2D eigenvalue weighted by Gasteiger charge is 2.19. The average Bonchev–Trinajstić information content (AvgIpc) is 3.31. The molecular formula is C24H27N3O3S. The zero-order valence-corrected chi connectivity index (χ0v) is 18.5. The molecule has 31 heavy (non-hydrogen) atoms. The molecule has 0 radical (unpaired) electrons. The predicted molar refractivity (Wildman–Crippen MR) is 124 cm³/mol. The van der Waals surface area contributed by atoms with Crippen LogP contribution in [0.25, 0.3) is 11.3 Å². The fraction of sp³-hybridized carbons (Fsp3) is 0.333. The molecule has 0 atom stereocenters. The second kappa shape index (κ2) is 10.4. The highest BCUT2D eigenvalue weighted by Crippen LogP contribution is 2.27. The normalized spacial score (nSPS) is 14.4. The van der Waals surface area contributed by atoms with E-state index in [-0.39, 0.29) is 5.97 Å². The van der Waals surface area contributed by atoms with Gasteiger partial charge in [-0.25, -0.2) is 9.78 Å². The van der Waals surface area contributed by atoms with E-state index in [9.17, 15) is 4.79 Å². The van der Waals surface area contributed by atoms with Gasteiger partial charge in [0.25, 0.3) is 0 Å². The van der Waals surface area contributed by atoms with E-state index < -0.39 is 0 Å². The highest BCUT2D eigenvalue weighted by atomic mass is 32.1. The van der Waals surface area contributed by atoms with Gasteiger partial charge in [0.1, 0.15) is 12.4 Å². The first kappa shape index (κ1) is 21.3. The summed E-state index contributed by atoms with van der Waals surface area (Å²) in [5.74, 6) is 0.464. The van der Waals surface area contributed by atoms with Crippen molar-refractivity contribution in [3.63, 3.8) is 0 Å². The van der Waals surface area contributed by atoms with Crippen LogP contribution in [0, 0.1) is 0 Å². The lowest BCUT2D eigenvalue weighted by atomic mass is 10.2. The second-order valence-electron chi connectivity index (χ2n) is 7.30. The van der Waals surface area contributed by atoms with Crippen molar-refractivity contribution in [3.8, 4) is 17.0 Å². The minimum Gasteiger partial charge on any atom is -0.492 e. The first-order valence-corrected chi connectivity index (χ1v) is 11.5. The minimum atomic E-state index is -0.303. The molecule has 1 aliphatic rings. The van der Waals surface area contributed by atoms with Crippen molar-refractivity contribution >= 4 is 22.4 Å². The highest BCUT2D eigenvalue weighted by molar-refractivity contribution is 7.14. The number of ether oxygens (including phenoxy) is 2. The van der Waals surface area contributed by atoms with Gasteiger partial charge in [-0.3, -0.25) is 4.90 Å². The van der Waals surface area contributed by atoms with E-state index in [4.69, 9.17) is 14.5 Å². The first-order chi connectivity index (χ1) is 15.2. The van der Waals surface area contributed by atoms with E-state index >= 15 is 0 Å². The first-order valence-electron chi connectivity index (χ1n) is 10.6. The number of esters is 1. The quantitative estimate of drug-likeness (QED) is 0.493. The molecule has 7 heteroatoms. The van der Waals surface area contributed by atoms with Crippen LogP contribution in [-0.2, 0) is 4.74 Å². The summed E-state index contributed by atoms with van der Waals surface area (Å²) >= 11 is 1.71. The van der Waals surface area contributed by atoms with Gasteiger partial charge in [0, 0.05) is 43.7 Å². The van der Waals surface area contributed by atoms with Gasteiger partial charge in [-0.2, -0.15) is 0 Å². The third-order valence-corrected chi connectivity index (χ3v) is 6.15. The van der Waals surface area contributed by atoms with Crippen LogP contribution in [0.4, 0.5) is 5.13 Å². The molecule has 1 fully saturated rings. The number of piperazine rings is 1. The Hall–Kier alpha value is -2.90. The fourth-order valence-electron chi connectivity index (χ4n) is 3.51. The molecule has 162 valence electrons. The molecule has 0 aliphatic carbocycles. The van der Waals surface area contributed by atoms with Crippen molar-refractivity contribution < 1.29 is 14.3 Å². The lowest BCUT2D eigenvalue weighted by Gasteiger charge is -2.34. The lowest BCUT2D eigenvalue weighted by molar-refractivity contribution is 0.0526. The van der Waals surface area contributed by atoms with Crippen molar-refractivity contribution in [2.24, 2.45) is 0 Å². The van der Waals surface area contributed by atoms with Crippen LogP contribution in [0.3, 0.4) is 0 Å². The fourth-order valence-corrected chi connectivity index (χ4v) is 4.40. The summed E-state index contributed by atoms with van der Waals surface area (Å²) in [5.41, 5.74) is 2.75. The Labute approximate surface area is 187 Å². The standard InChI is InChI=1S/C24H27N3O3S/c1-2-29-23(28)20-8-10-21(11-9-20)30-17-16-26-12-14-27(15-13-26)24-25-22(18-31-24)19-6-4-3-5-7-19/h3-11,18H,2,12-17H2,1H3. The smallest absolute Gasteiger partial charge is 0.338 e. The number of carbonyl (C=O) groups is 1. The molecule has 0 bridgehead atoms. The van der Waals surface area contributed by atoms with E-state index in [1.165, 1.54) is 0 Å². The molecule has 0 spiro atoms. The van der Waals surface area contributed by atoms with Crippen LogP contribution in [-0.4, -0.2) is 61.8 Å². The van der Waals surface area contributed by atoms with Gasteiger partial charge in [0.05, 0.1) is 17.9 Å². The summed E-state index contributed by atoms with van der Waals surface area (Å²) in [7, 11) is 0. The summed E-state index contributed by atoms with van der Waals surface area (Å²) in [4.78, 5) is 21.3. The molecule has 6 nitrogen and oxygen atoms in total. The Bertz CT molecular complexity index is 967. The monoisotopic (exact) mass is 437 g/mol. The summed E-state index contributed by atoms with van der Waals surface area (Å²) in [6.45, 7) is 7.59. The molecule has 0 unspecified atom stereocenters. The summed E-state index contributed by atoms with van der Waals surface area (Å²) in [6.07, 6.45) is 0. The van der Waals surface area contributed by atoms with E-state index in [1.54, 1.807) is 30.4 Å². The molecule has 0 saturated carbocycles. The van der Waals surface area contributed by atoms with Crippen LogP contribution in [0.1, 0.15) is 17.3 Å².